The Labute approximate surface area is 178 Å². The van der Waals surface area contributed by atoms with Crippen LogP contribution in [-0.2, 0) is 19.1 Å². The lowest BCUT2D eigenvalue weighted by atomic mass is 10.0. The Hall–Kier alpha value is -0.700. The number of halogens is 2. The molecule has 0 bridgehead atoms. The average molecular weight is 594 g/mol. The van der Waals surface area contributed by atoms with Gasteiger partial charge in [-0.25, -0.2) is 0 Å². The lowest BCUT2D eigenvalue weighted by Crippen LogP contribution is -2.53. The third-order valence-electron chi connectivity index (χ3n) is 3.14. The van der Waals surface area contributed by atoms with E-state index < -0.39 is 47.1 Å². The SMILES string of the molecule is CC(=O)OC(C(OC(C)=O)[C@H](O)Oc1cccc(I)c1)[C@H](O)C(I)CO. The number of ether oxygens (including phenoxy) is 3. The van der Waals surface area contributed by atoms with Crippen molar-refractivity contribution >= 4 is 57.1 Å². The van der Waals surface area contributed by atoms with Gasteiger partial charge in [0.15, 0.2) is 6.10 Å². The molecule has 0 spiro atoms. The fourth-order valence-corrected chi connectivity index (χ4v) is 2.99. The summed E-state index contributed by atoms with van der Waals surface area (Å²) in [6.45, 7) is 1.80. The third kappa shape index (κ3) is 7.50. The van der Waals surface area contributed by atoms with Gasteiger partial charge in [0.2, 0.25) is 12.4 Å². The fraction of sp³-hybridized carbons (Fsp3) is 0.500. The van der Waals surface area contributed by atoms with Crippen LogP contribution < -0.4 is 4.74 Å². The monoisotopic (exact) mass is 594 g/mol. The summed E-state index contributed by atoms with van der Waals surface area (Å²) in [5, 5.41) is 30.0. The molecule has 8 nitrogen and oxygen atoms in total. The maximum absolute atomic E-state index is 11.5. The molecular formula is C16H20I2O8. The van der Waals surface area contributed by atoms with Gasteiger partial charge < -0.3 is 29.5 Å². The smallest absolute Gasteiger partial charge is 0.303 e. The van der Waals surface area contributed by atoms with Crippen LogP contribution in [0.2, 0.25) is 0 Å². The first-order valence-electron chi connectivity index (χ1n) is 7.53. The summed E-state index contributed by atoms with van der Waals surface area (Å²) >= 11 is 3.81. The Morgan fingerprint density at radius 3 is 2.19 bits per heavy atom. The van der Waals surface area contributed by atoms with Gasteiger partial charge in [-0.2, -0.15) is 0 Å². The number of aliphatic hydroxyl groups is 3. The van der Waals surface area contributed by atoms with Gasteiger partial charge in [-0.1, -0.05) is 28.7 Å². The summed E-state index contributed by atoms with van der Waals surface area (Å²) in [6.07, 6.45) is -6.09. The summed E-state index contributed by atoms with van der Waals surface area (Å²) in [7, 11) is 0. The first-order chi connectivity index (χ1) is 12.1. The first kappa shape index (κ1) is 23.3. The summed E-state index contributed by atoms with van der Waals surface area (Å²) < 4.78 is 15.6. The molecule has 0 aliphatic rings. The van der Waals surface area contributed by atoms with Crippen molar-refractivity contribution < 1.29 is 39.1 Å². The molecule has 0 amide bonds. The molecule has 0 aliphatic carbocycles. The number of esters is 2. The zero-order valence-electron chi connectivity index (χ0n) is 14.0. The zero-order chi connectivity index (χ0) is 19.9. The second-order valence-corrected chi connectivity index (χ2v) is 8.15. The van der Waals surface area contributed by atoms with Crippen LogP contribution in [0, 0.1) is 3.57 Å². The Morgan fingerprint density at radius 1 is 1.12 bits per heavy atom. The molecule has 3 N–H and O–H groups in total. The van der Waals surface area contributed by atoms with Crippen molar-refractivity contribution in [1.29, 1.82) is 0 Å². The number of carbonyl (C=O) groups is 2. The Balaban J connectivity index is 3.11. The van der Waals surface area contributed by atoms with E-state index in [0.717, 1.165) is 17.4 Å². The van der Waals surface area contributed by atoms with E-state index in [0.29, 0.717) is 5.75 Å². The van der Waals surface area contributed by atoms with E-state index in [-0.39, 0.29) is 0 Å². The highest BCUT2D eigenvalue weighted by atomic mass is 127. The standard InChI is InChI=1S/C16H20I2O8/c1-8(20)24-14(13(22)12(18)7-19)15(25-9(2)21)16(23)26-11-5-3-4-10(17)6-11/h3-6,12-16,19,22-23H,7H2,1-2H3/t12?,13-,14?,15?,16-/m1/s1. The van der Waals surface area contributed by atoms with E-state index in [1.54, 1.807) is 40.8 Å². The number of rotatable bonds is 9. The van der Waals surface area contributed by atoms with Crippen LogP contribution in [0.5, 0.6) is 5.75 Å². The van der Waals surface area contributed by atoms with Gasteiger partial charge in [0.25, 0.3) is 0 Å². The van der Waals surface area contributed by atoms with E-state index in [2.05, 4.69) is 22.6 Å². The first-order valence-corrected chi connectivity index (χ1v) is 9.85. The van der Waals surface area contributed by atoms with Crippen molar-refractivity contribution in [2.75, 3.05) is 6.61 Å². The van der Waals surface area contributed by atoms with Gasteiger partial charge in [0.1, 0.15) is 11.9 Å². The van der Waals surface area contributed by atoms with Crippen LogP contribution >= 0.6 is 45.2 Å². The fourth-order valence-electron chi connectivity index (χ4n) is 2.06. The molecule has 3 unspecified atom stereocenters. The second kappa shape index (κ2) is 11.2. The van der Waals surface area contributed by atoms with E-state index >= 15 is 0 Å². The number of hydrogen-bond acceptors (Lipinski definition) is 8. The lowest BCUT2D eigenvalue weighted by Gasteiger charge is -2.33. The normalized spacial score (nSPS) is 16.7. The summed E-state index contributed by atoms with van der Waals surface area (Å²) in [5.41, 5.74) is 0. The molecule has 1 aromatic rings. The van der Waals surface area contributed by atoms with Crippen LogP contribution in [0.15, 0.2) is 24.3 Å². The second-order valence-electron chi connectivity index (χ2n) is 5.30. The van der Waals surface area contributed by atoms with Gasteiger partial charge in [-0.05, 0) is 40.8 Å². The highest BCUT2D eigenvalue weighted by Crippen LogP contribution is 2.23. The van der Waals surface area contributed by atoms with Gasteiger partial charge in [-0.3, -0.25) is 9.59 Å². The third-order valence-corrected chi connectivity index (χ3v) is 4.95. The molecule has 5 atom stereocenters. The van der Waals surface area contributed by atoms with Crippen molar-refractivity contribution in [3.8, 4) is 5.75 Å². The molecule has 1 rings (SSSR count). The van der Waals surface area contributed by atoms with Crippen LogP contribution in [0.3, 0.4) is 0 Å². The predicted molar refractivity (Wildman–Crippen MR) is 108 cm³/mol. The molecule has 0 fully saturated rings. The topological polar surface area (TPSA) is 123 Å². The number of carbonyl (C=O) groups excluding carboxylic acids is 2. The predicted octanol–water partition coefficient (Wildman–Crippen LogP) is 1.01. The zero-order valence-corrected chi connectivity index (χ0v) is 18.4. The van der Waals surface area contributed by atoms with Crippen molar-refractivity contribution in [1.82, 2.24) is 0 Å². The minimum absolute atomic E-state index is 0.297. The minimum atomic E-state index is -1.72. The Morgan fingerprint density at radius 2 is 1.69 bits per heavy atom. The van der Waals surface area contributed by atoms with Gasteiger partial charge in [0, 0.05) is 17.4 Å². The molecule has 0 heterocycles. The molecule has 10 heteroatoms. The van der Waals surface area contributed by atoms with E-state index in [4.69, 9.17) is 14.2 Å². The van der Waals surface area contributed by atoms with Crippen LogP contribution in [0.1, 0.15) is 13.8 Å². The average Bonchev–Trinajstić information content (AvgIpc) is 2.56. The summed E-state index contributed by atoms with van der Waals surface area (Å²) in [4.78, 5) is 22.9. The van der Waals surface area contributed by atoms with Crippen molar-refractivity contribution in [2.45, 2.75) is 42.4 Å². The lowest BCUT2D eigenvalue weighted by molar-refractivity contribution is -0.206. The van der Waals surface area contributed by atoms with Gasteiger partial charge in [-0.15, -0.1) is 0 Å². The van der Waals surface area contributed by atoms with Crippen molar-refractivity contribution in [2.24, 2.45) is 0 Å². The largest absolute Gasteiger partial charge is 0.461 e. The Kier molecular flexibility index (Phi) is 10.1. The maximum Gasteiger partial charge on any atom is 0.303 e. The Bertz CT molecular complexity index is 612. The number of alkyl halides is 1. The van der Waals surface area contributed by atoms with Crippen molar-refractivity contribution in [3.05, 3.63) is 27.8 Å². The maximum atomic E-state index is 11.5. The summed E-state index contributed by atoms with van der Waals surface area (Å²) in [6, 6.07) is 6.75. The highest BCUT2D eigenvalue weighted by molar-refractivity contribution is 14.1. The molecule has 0 saturated carbocycles. The number of benzene rings is 1. The van der Waals surface area contributed by atoms with E-state index in [1.807, 2.05) is 6.07 Å². The quantitative estimate of drug-likeness (QED) is 0.168. The van der Waals surface area contributed by atoms with Crippen LogP contribution in [-0.4, -0.2) is 62.4 Å². The highest BCUT2D eigenvalue weighted by Gasteiger charge is 2.42. The number of aliphatic hydroxyl groups excluding tert-OH is 3. The van der Waals surface area contributed by atoms with E-state index in [1.165, 1.54) is 0 Å². The molecule has 1 aromatic carbocycles. The number of hydrogen-bond donors (Lipinski definition) is 3. The molecule has 0 aliphatic heterocycles. The van der Waals surface area contributed by atoms with Crippen LogP contribution in [0.4, 0.5) is 0 Å². The van der Waals surface area contributed by atoms with Crippen LogP contribution in [0.25, 0.3) is 0 Å². The molecule has 0 aromatic heterocycles. The molecule has 0 saturated heterocycles. The molecule has 146 valence electrons. The molecule has 26 heavy (non-hydrogen) atoms. The molecule has 0 radical (unpaired) electrons. The summed E-state index contributed by atoms with van der Waals surface area (Å²) in [5.74, 6) is -1.22. The molecular weight excluding hydrogens is 574 g/mol. The van der Waals surface area contributed by atoms with Crippen molar-refractivity contribution in [3.63, 3.8) is 0 Å². The minimum Gasteiger partial charge on any atom is -0.461 e. The van der Waals surface area contributed by atoms with E-state index in [9.17, 15) is 24.9 Å². The van der Waals surface area contributed by atoms with Gasteiger partial charge >= 0.3 is 11.9 Å². The van der Waals surface area contributed by atoms with Gasteiger partial charge in [0.05, 0.1) is 10.5 Å².